The highest BCUT2D eigenvalue weighted by atomic mass is 32.2. The smallest absolute Gasteiger partial charge is 0.234 e. The third-order valence-corrected chi connectivity index (χ3v) is 6.40. The van der Waals surface area contributed by atoms with Crippen LogP contribution in [0.3, 0.4) is 0 Å². The van der Waals surface area contributed by atoms with Crippen LogP contribution in [0, 0.1) is 13.8 Å². The number of hydrogen-bond donors (Lipinski definition) is 4. The van der Waals surface area contributed by atoms with Crippen LogP contribution in [0.25, 0.3) is 0 Å². The van der Waals surface area contributed by atoms with Crippen molar-refractivity contribution in [1.29, 1.82) is 0 Å². The Morgan fingerprint density at radius 1 is 1.06 bits per heavy atom. The number of hydrogen-bond acceptors (Lipinski definition) is 5. The van der Waals surface area contributed by atoms with Crippen molar-refractivity contribution in [1.82, 2.24) is 16.0 Å². The van der Waals surface area contributed by atoms with E-state index in [1.165, 1.54) is 17.3 Å². The molecule has 1 fully saturated rings. The lowest BCUT2D eigenvalue weighted by Crippen LogP contribution is -2.56. The maximum atomic E-state index is 12.4. The largest absolute Gasteiger partial charge is 0.356 e. The fourth-order valence-corrected chi connectivity index (χ4v) is 4.38. The molecule has 0 aromatic heterocycles. The zero-order chi connectivity index (χ0) is 22.9. The van der Waals surface area contributed by atoms with Crippen LogP contribution in [-0.4, -0.2) is 41.6 Å². The predicted octanol–water partition coefficient (Wildman–Crippen LogP) is 2.49. The minimum atomic E-state index is -0.414. The number of amides is 3. The molecule has 2 atom stereocenters. The minimum Gasteiger partial charge on any atom is -0.356 e. The van der Waals surface area contributed by atoms with Crippen molar-refractivity contribution in [3.05, 3.63) is 65.2 Å². The van der Waals surface area contributed by atoms with E-state index in [0.717, 1.165) is 23.2 Å². The maximum Gasteiger partial charge on any atom is 0.234 e. The minimum absolute atomic E-state index is 0.0930. The summed E-state index contributed by atoms with van der Waals surface area (Å²) in [6, 6.07) is 15.5. The molecule has 1 saturated heterocycles. The van der Waals surface area contributed by atoms with Crippen molar-refractivity contribution in [3.8, 4) is 0 Å². The number of aryl methyl sites for hydroxylation is 1. The fraction of sp³-hybridized carbons (Fsp3) is 0.375. The zero-order valence-corrected chi connectivity index (χ0v) is 19.3. The summed E-state index contributed by atoms with van der Waals surface area (Å²) in [7, 11) is 0. The Bertz CT molecular complexity index is 952. The molecule has 3 amide bonds. The highest BCUT2D eigenvalue weighted by Gasteiger charge is 2.28. The highest BCUT2D eigenvalue weighted by molar-refractivity contribution is 8.00. The van der Waals surface area contributed by atoms with Crippen LogP contribution < -0.4 is 21.3 Å². The first-order valence-electron chi connectivity index (χ1n) is 10.7. The van der Waals surface area contributed by atoms with Gasteiger partial charge in [-0.3, -0.25) is 19.7 Å². The third-order valence-electron chi connectivity index (χ3n) is 5.38. The standard InChI is InChI=1S/C24H30N4O3S/c1-16-7-6-10-20(17(16)2)27-23(31)15-32-24-26-19(14-22(30)28-24)13-21(29)25-12-11-18-8-4-3-5-9-18/h3-10,19,24,26H,11-15H2,1-2H3,(H,25,29)(H,27,31)(H,28,30). The first-order chi connectivity index (χ1) is 15.4. The number of carbonyl (C=O) groups excluding carboxylic acids is 3. The van der Waals surface area contributed by atoms with Gasteiger partial charge < -0.3 is 16.0 Å². The molecule has 0 bridgehead atoms. The first-order valence-corrected chi connectivity index (χ1v) is 11.8. The van der Waals surface area contributed by atoms with Gasteiger partial charge in [0, 0.05) is 31.1 Å². The summed E-state index contributed by atoms with van der Waals surface area (Å²) in [4.78, 5) is 36.7. The van der Waals surface area contributed by atoms with Gasteiger partial charge in [0.2, 0.25) is 17.7 Å². The summed E-state index contributed by atoms with van der Waals surface area (Å²) >= 11 is 1.30. The molecule has 0 aliphatic carbocycles. The molecule has 170 valence electrons. The highest BCUT2D eigenvalue weighted by Crippen LogP contribution is 2.19. The van der Waals surface area contributed by atoms with Gasteiger partial charge in [-0.15, -0.1) is 11.8 Å². The Labute approximate surface area is 193 Å². The molecule has 8 heteroatoms. The van der Waals surface area contributed by atoms with E-state index in [4.69, 9.17) is 0 Å². The van der Waals surface area contributed by atoms with Gasteiger partial charge in [0.05, 0.1) is 5.75 Å². The second-order valence-corrected chi connectivity index (χ2v) is 9.01. The maximum absolute atomic E-state index is 12.4. The van der Waals surface area contributed by atoms with Crippen LogP contribution in [0.4, 0.5) is 5.69 Å². The van der Waals surface area contributed by atoms with E-state index >= 15 is 0 Å². The normalized spacial score (nSPS) is 18.0. The molecule has 4 N–H and O–H groups in total. The van der Waals surface area contributed by atoms with Gasteiger partial charge in [-0.05, 0) is 43.0 Å². The average molecular weight is 455 g/mol. The quantitative estimate of drug-likeness (QED) is 0.467. The lowest BCUT2D eigenvalue weighted by Gasteiger charge is -2.30. The molecule has 1 aliphatic heterocycles. The Morgan fingerprint density at radius 2 is 1.84 bits per heavy atom. The van der Waals surface area contributed by atoms with E-state index < -0.39 is 5.50 Å². The van der Waals surface area contributed by atoms with E-state index in [1.54, 1.807) is 0 Å². The number of carbonyl (C=O) groups is 3. The fourth-order valence-electron chi connectivity index (χ4n) is 3.48. The Morgan fingerprint density at radius 3 is 2.62 bits per heavy atom. The summed E-state index contributed by atoms with van der Waals surface area (Å²) in [5, 5.41) is 11.9. The molecule has 32 heavy (non-hydrogen) atoms. The predicted molar refractivity (Wildman–Crippen MR) is 128 cm³/mol. The average Bonchev–Trinajstić information content (AvgIpc) is 2.76. The molecule has 2 aromatic rings. The number of nitrogens with one attached hydrogen (secondary N) is 4. The van der Waals surface area contributed by atoms with Crippen molar-refractivity contribution in [2.75, 3.05) is 17.6 Å². The summed E-state index contributed by atoms with van der Waals surface area (Å²) in [6.07, 6.45) is 1.21. The van der Waals surface area contributed by atoms with Gasteiger partial charge in [-0.25, -0.2) is 0 Å². The van der Waals surface area contributed by atoms with Gasteiger partial charge >= 0.3 is 0 Å². The van der Waals surface area contributed by atoms with E-state index in [0.29, 0.717) is 6.54 Å². The van der Waals surface area contributed by atoms with Crippen molar-refractivity contribution in [2.24, 2.45) is 0 Å². The van der Waals surface area contributed by atoms with E-state index in [9.17, 15) is 14.4 Å². The van der Waals surface area contributed by atoms with Crippen molar-refractivity contribution >= 4 is 35.2 Å². The van der Waals surface area contributed by atoms with Gasteiger partial charge in [-0.2, -0.15) is 0 Å². The summed E-state index contributed by atoms with van der Waals surface area (Å²) in [5.74, 6) is -0.176. The summed E-state index contributed by atoms with van der Waals surface area (Å²) in [6.45, 7) is 4.52. The van der Waals surface area contributed by atoms with Crippen molar-refractivity contribution in [3.63, 3.8) is 0 Å². The third kappa shape index (κ3) is 7.39. The van der Waals surface area contributed by atoms with Crippen LogP contribution in [-0.2, 0) is 20.8 Å². The molecule has 2 aromatic carbocycles. The van der Waals surface area contributed by atoms with E-state index in [1.807, 2.05) is 62.4 Å². The lowest BCUT2D eigenvalue weighted by atomic mass is 10.1. The molecule has 1 heterocycles. The van der Waals surface area contributed by atoms with Crippen LogP contribution in [0.5, 0.6) is 0 Å². The van der Waals surface area contributed by atoms with Gasteiger partial charge in [0.25, 0.3) is 0 Å². The van der Waals surface area contributed by atoms with Crippen molar-refractivity contribution in [2.45, 2.75) is 44.6 Å². The molecule has 3 rings (SSSR count). The molecule has 1 aliphatic rings. The van der Waals surface area contributed by atoms with Crippen LogP contribution in [0.15, 0.2) is 48.5 Å². The molecule has 0 spiro atoms. The Kier molecular flexibility index (Phi) is 8.70. The monoisotopic (exact) mass is 454 g/mol. The Hall–Kier alpha value is -2.84. The SMILES string of the molecule is Cc1cccc(NC(=O)CSC2NC(=O)CC(CC(=O)NCCc3ccccc3)N2)c1C. The van der Waals surface area contributed by atoms with Gasteiger partial charge in [-0.1, -0.05) is 42.5 Å². The van der Waals surface area contributed by atoms with Crippen molar-refractivity contribution < 1.29 is 14.4 Å². The second kappa shape index (κ2) is 11.7. The molecule has 2 unspecified atom stereocenters. The number of benzene rings is 2. The molecular weight excluding hydrogens is 424 g/mol. The van der Waals surface area contributed by atoms with E-state index in [-0.39, 0.29) is 42.4 Å². The Balaban J connectivity index is 1.41. The molecule has 7 nitrogen and oxygen atoms in total. The van der Waals surface area contributed by atoms with E-state index in [2.05, 4.69) is 21.3 Å². The molecule has 0 radical (unpaired) electrons. The zero-order valence-electron chi connectivity index (χ0n) is 18.4. The number of rotatable bonds is 9. The molecular formula is C24H30N4O3S. The summed E-state index contributed by atoms with van der Waals surface area (Å²) < 4.78 is 0. The number of anilines is 1. The van der Waals surface area contributed by atoms with Crippen LogP contribution in [0.2, 0.25) is 0 Å². The van der Waals surface area contributed by atoms with Crippen LogP contribution in [0.1, 0.15) is 29.5 Å². The van der Waals surface area contributed by atoms with Gasteiger partial charge in [0.1, 0.15) is 5.50 Å². The van der Waals surface area contributed by atoms with Crippen LogP contribution >= 0.6 is 11.8 Å². The first kappa shape index (κ1) is 23.8. The topological polar surface area (TPSA) is 99.3 Å². The molecule has 0 saturated carbocycles. The summed E-state index contributed by atoms with van der Waals surface area (Å²) in [5.41, 5.74) is 3.69. The number of thioether (sulfide) groups is 1. The lowest BCUT2D eigenvalue weighted by molar-refractivity contribution is -0.125. The van der Waals surface area contributed by atoms with Gasteiger partial charge in [0.15, 0.2) is 0 Å². The second-order valence-electron chi connectivity index (χ2n) is 7.91.